The SMILES string of the molecule is CCOc1ccc(N2C(=O)CS[C@H]2c2ccc(NC(=O)[C@@H](CC)c3ccccc3)cc2)cc1. The van der Waals surface area contributed by atoms with Gasteiger partial charge < -0.3 is 10.1 Å². The number of thioether (sulfide) groups is 1. The first kappa shape index (κ1) is 22.9. The second kappa shape index (κ2) is 10.6. The molecule has 2 amide bonds. The van der Waals surface area contributed by atoms with Crippen molar-refractivity contribution in [1.82, 2.24) is 0 Å². The smallest absolute Gasteiger partial charge is 0.238 e. The van der Waals surface area contributed by atoms with Gasteiger partial charge in [0.2, 0.25) is 11.8 Å². The van der Waals surface area contributed by atoms with Crippen LogP contribution in [-0.4, -0.2) is 24.2 Å². The van der Waals surface area contributed by atoms with Gasteiger partial charge in [-0.2, -0.15) is 0 Å². The van der Waals surface area contributed by atoms with Crippen molar-refractivity contribution in [2.45, 2.75) is 31.6 Å². The minimum atomic E-state index is -0.191. The Kier molecular flexibility index (Phi) is 7.35. The molecule has 1 aliphatic heterocycles. The summed E-state index contributed by atoms with van der Waals surface area (Å²) in [6.07, 6.45) is 0.728. The van der Waals surface area contributed by atoms with Gasteiger partial charge in [-0.05, 0) is 60.9 Å². The summed E-state index contributed by atoms with van der Waals surface area (Å²) in [7, 11) is 0. The van der Waals surface area contributed by atoms with Crippen LogP contribution in [-0.2, 0) is 9.59 Å². The number of amides is 2. The number of carbonyl (C=O) groups is 2. The molecular weight excluding hydrogens is 432 g/mol. The third-order valence-corrected chi connectivity index (χ3v) is 6.90. The second-order valence-corrected chi connectivity index (χ2v) is 8.91. The summed E-state index contributed by atoms with van der Waals surface area (Å²) in [4.78, 5) is 27.3. The molecule has 0 radical (unpaired) electrons. The Labute approximate surface area is 199 Å². The Bertz CT molecular complexity index is 1080. The van der Waals surface area contributed by atoms with Crippen molar-refractivity contribution in [3.8, 4) is 5.75 Å². The molecule has 0 spiro atoms. The first-order chi connectivity index (χ1) is 16.1. The fraction of sp³-hybridized carbons (Fsp3) is 0.259. The second-order valence-electron chi connectivity index (χ2n) is 7.84. The number of carbonyl (C=O) groups excluding carboxylic acids is 2. The molecule has 1 heterocycles. The summed E-state index contributed by atoms with van der Waals surface area (Å²) in [6.45, 7) is 4.57. The summed E-state index contributed by atoms with van der Waals surface area (Å²) in [5, 5.41) is 2.94. The van der Waals surface area contributed by atoms with Crippen molar-refractivity contribution in [3.05, 3.63) is 90.0 Å². The Hall–Kier alpha value is -3.25. The third-order valence-electron chi connectivity index (χ3n) is 5.68. The molecule has 0 bridgehead atoms. The van der Waals surface area contributed by atoms with E-state index in [9.17, 15) is 9.59 Å². The first-order valence-corrected chi connectivity index (χ1v) is 12.3. The third kappa shape index (κ3) is 5.22. The summed E-state index contributed by atoms with van der Waals surface area (Å²) in [6, 6.07) is 25.2. The van der Waals surface area contributed by atoms with Crippen molar-refractivity contribution < 1.29 is 14.3 Å². The Balaban J connectivity index is 1.47. The van der Waals surface area contributed by atoms with Crippen LogP contribution in [0.5, 0.6) is 5.75 Å². The molecule has 0 saturated carbocycles. The van der Waals surface area contributed by atoms with E-state index in [-0.39, 0.29) is 23.1 Å². The lowest BCUT2D eigenvalue weighted by atomic mass is 9.95. The van der Waals surface area contributed by atoms with Gasteiger partial charge in [0.15, 0.2) is 0 Å². The van der Waals surface area contributed by atoms with Crippen LogP contribution in [0.3, 0.4) is 0 Å². The van der Waals surface area contributed by atoms with Gasteiger partial charge in [0.25, 0.3) is 0 Å². The molecule has 0 aliphatic carbocycles. The van der Waals surface area contributed by atoms with Gasteiger partial charge in [0, 0.05) is 11.4 Å². The predicted octanol–water partition coefficient (Wildman–Crippen LogP) is 6.00. The number of hydrogen-bond donors (Lipinski definition) is 1. The maximum Gasteiger partial charge on any atom is 0.238 e. The summed E-state index contributed by atoms with van der Waals surface area (Å²) >= 11 is 1.60. The molecule has 33 heavy (non-hydrogen) atoms. The van der Waals surface area contributed by atoms with E-state index in [1.54, 1.807) is 11.8 Å². The lowest BCUT2D eigenvalue weighted by Crippen LogP contribution is -2.27. The van der Waals surface area contributed by atoms with E-state index in [2.05, 4.69) is 5.32 Å². The van der Waals surface area contributed by atoms with Crippen molar-refractivity contribution in [2.75, 3.05) is 22.6 Å². The largest absolute Gasteiger partial charge is 0.494 e. The lowest BCUT2D eigenvalue weighted by Gasteiger charge is -2.25. The molecule has 170 valence electrons. The van der Waals surface area contributed by atoms with Gasteiger partial charge in [-0.1, -0.05) is 49.4 Å². The summed E-state index contributed by atoms with van der Waals surface area (Å²) < 4.78 is 5.52. The van der Waals surface area contributed by atoms with E-state index in [4.69, 9.17) is 4.74 Å². The molecule has 0 aromatic heterocycles. The molecule has 5 nitrogen and oxygen atoms in total. The van der Waals surface area contributed by atoms with Crippen LogP contribution in [0.1, 0.15) is 42.7 Å². The Morgan fingerprint density at radius 2 is 1.73 bits per heavy atom. The number of rotatable bonds is 8. The van der Waals surface area contributed by atoms with Crippen LogP contribution < -0.4 is 15.0 Å². The predicted molar refractivity (Wildman–Crippen MR) is 135 cm³/mol. The fourth-order valence-corrected chi connectivity index (χ4v) is 5.22. The van der Waals surface area contributed by atoms with Gasteiger partial charge in [-0.25, -0.2) is 0 Å². The number of nitrogens with zero attached hydrogens (tertiary/aromatic N) is 1. The molecule has 1 aliphatic rings. The highest BCUT2D eigenvalue weighted by atomic mass is 32.2. The van der Waals surface area contributed by atoms with E-state index in [0.717, 1.165) is 34.7 Å². The Morgan fingerprint density at radius 1 is 1.03 bits per heavy atom. The lowest BCUT2D eigenvalue weighted by molar-refractivity contribution is -0.118. The highest BCUT2D eigenvalue weighted by molar-refractivity contribution is 8.00. The van der Waals surface area contributed by atoms with Crippen molar-refractivity contribution in [2.24, 2.45) is 0 Å². The van der Waals surface area contributed by atoms with Gasteiger partial charge in [-0.15, -0.1) is 11.8 Å². The number of benzene rings is 3. The molecule has 1 N–H and O–H groups in total. The zero-order chi connectivity index (χ0) is 23.2. The standard InChI is InChI=1S/C27H28N2O3S/c1-3-24(19-8-6-5-7-9-19)26(31)28-21-12-10-20(11-13-21)27-29(25(30)18-33-27)22-14-16-23(17-15-22)32-4-2/h5-17,24,27H,3-4,18H2,1-2H3,(H,28,31)/t24-,27-/m0/s1. The van der Waals surface area contributed by atoms with Crippen molar-refractivity contribution >= 4 is 35.0 Å². The van der Waals surface area contributed by atoms with Gasteiger partial charge in [0.1, 0.15) is 11.1 Å². The normalized spacial score (nSPS) is 16.5. The highest BCUT2D eigenvalue weighted by Crippen LogP contribution is 2.42. The molecule has 3 aromatic rings. The molecule has 0 unspecified atom stereocenters. The fourth-order valence-electron chi connectivity index (χ4n) is 4.04. The summed E-state index contributed by atoms with van der Waals surface area (Å²) in [5.74, 6) is 1.10. The van der Waals surface area contributed by atoms with E-state index in [1.807, 2.05) is 97.6 Å². The number of ether oxygens (including phenoxy) is 1. The molecule has 1 fully saturated rings. The average Bonchev–Trinajstić information content (AvgIpc) is 3.23. The van der Waals surface area contributed by atoms with Crippen molar-refractivity contribution in [1.29, 1.82) is 0 Å². The van der Waals surface area contributed by atoms with Crippen LogP contribution in [0.25, 0.3) is 0 Å². The topological polar surface area (TPSA) is 58.6 Å². The molecule has 1 saturated heterocycles. The zero-order valence-electron chi connectivity index (χ0n) is 18.9. The maximum atomic E-state index is 12.9. The Morgan fingerprint density at radius 3 is 2.36 bits per heavy atom. The molecule has 4 rings (SSSR count). The summed E-state index contributed by atoms with van der Waals surface area (Å²) in [5.41, 5.74) is 3.64. The first-order valence-electron chi connectivity index (χ1n) is 11.2. The van der Waals surface area contributed by atoms with Crippen LogP contribution in [0, 0.1) is 0 Å². The van der Waals surface area contributed by atoms with E-state index >= 15 is 0 Å². The van der Waals surface area contributed by atoms with E-state index in [0.29, 0.717) is 12.4 Å². The van der Waals surface area contributed by atoms with Crippen LogP contribution in [0.15, 0.2) is 78.9 Å². The van der Waals surface area contributed by atoms with Gasteiger partial charge in [0.05, 0.1) is 18.3 Å². The number of hydrogen-bond acceptors (Lipinski definition) is 4. The number of nitrogens with one attached hydrogen (secondary N) is 1. The molecule has 6 heteroatoms. The minimum absolute atomic E-state index is 0.0158. The zero-order valence-corrected chi connectivity index (χ0v) is 19.7. The van der Waals surface area contributed by atoms with E-state index in [1.165, 1.54) is 0 Å². The highest BCUT2D eigenvalue weighted by Gasteiger charge is 2.34. The van der Waals surface area contributed by atoms with Gasteiger partial charge in [-0.3, -0.25) is 14.5 Å². The molecule has 2 atom stereocenters. The monoisotopic (exact) mass is 460 g/mol. The van der Waals surface area contributed by atoms with Gasteiger partial charge >= 0.3 is 0 Å². The maximum absolute atomic E-state index is 12.9. The van der Waals surface area contributed by atoms with E-state index < -0.39 is 0 Å². The van der Waals surface area contributed by atoms with Crippen LogP contribution in [0.2, 0.25) is 0 Å². The quantitative estimate of drug-likeness (QED) is 0.448. The van der Waals surface area contributed by atoms with Crippen molar-refractivity contribution in [3.63, 3.8) is 0 Å². The minimum Gasteiger partial charge on any atom is -0.494 e. The van der Waals surface area contributed by atoms with Crippen LogP contribution >= 0.6 is 11.8 Å². The molecular formula is C27H28N2O3S. The average molecular weight is 461 g/mol. The van der Waals surface area contributed by atoms with Crippen LogP contribution in [0.4, 0.5) is 11.4 Å². The number of anilines is 2. The molecule has 3 aromatic carbocycles.